The Hall–Kier alpha value is -1.99. The number of anilines is 1. The maximum Gasteiger partial charge on any atom is 0.185 e. The summed E-state index contributed by atoms with van der Waals surface area (Å²) in [7, 11) is 0. The fourth-order valence-corrected chi connectivity index (χ4v) is 5.30. The predicted molar refractivity (Wildman–Crippen MR) is 110 cm³/mol. The first kappa shape index (κ1) is 19.0. The maximum absolute atomic E-state index is 12.9. The highest BCUT2D eigenvalue weighted by atomic mass is 35.5. The zero-order valence-corrected chi connectivity index (χ0v) is 17.3. The molecule has 2 aliphatic carbocycles. The maximum atomic E-state index is 12.9. The Labute approximate surface area is 175 Å². The second kappa shape index (κ2) is 7.69. The van der Waals surface area contributed by atoms with E-state index in [0.29, 0.717) is 28.9 Å². The van der Waals surface area contributed by atoms with Crippen molar-refractivity contribution < 1.29 is 9.32 Å². The molecular formula is C21H26ClN5O2. The Morgan fingerprint density at radius 1 is 1.07 bits per heavy atom. The van der Waals surface area contributed by atoms with Gasteiger partial charge in [-0.2, -0.15) is 0 Å². The summed E-state index contributed by atoms with van der Waals surface area (Å²) in [6.07, 6.45) is 7.23. The summed E-state index contributed by atoms with van der Waals surface area (Å²) in [5.41, 5.74) is 1.15. The van der Waals surface area contributed by atoms with Crippen molar-refractivity contribution >= 4 is 23.2 Å². The molecule has 7 nitrogen and oxygen atoms in total. The molecule has 5 rings (SSSR count). The van der Waals surface area contributed by atoms with Crippen molar-refractivity contribution in [2.45, 2.75) is 56.8 Å². The lowest BCUT2D eigenvalue weighted by Crippen LogP contribution is -2.41. The van der Waals surface area contributed by atoms with E-state index < -0.39 is 5.41 Å². The minimum atomic E-state index is -0.491. The third kappa shape index (κ3) is 3.34. The number of hydrogen-bond acceptors (Lipinski definition) is 7. The van der Waals surface area contributed by atoms with Crippen molar-refractivity contribution in [2.75, 3.05) is 31.1 Å². The summed E-state index contributed by atoms with van der Waals surface area (Å²) in [6, 6.07) is 1.81. The molecule has 154 valence electrons. The molecule has 0 bridgehead atoms. The highest BCUT2D eigenvalue weighted by Gasteiger charge is 2.48. The van der Waals surface area contributed by atoms with Crippen LogP contribution in [0, 0.1) is 0 Å². The second-order valence-corrected chi connectivity index (χ2v) is 8.76. The molecule has 2 aromatic heterocycles. The number of ketones is 1. The number of fused-ring (bicyclic) bond motifs is 2. The van der Waals surface area contributed by atoms with E-state index in [-0.39, 0.29) is 0 Å². The first-order valence-electron chi connectivity index (χ1n) is 10.7. The number of halogens is 1. The number of nitrogens with one attached hydrogen (secondary N) is 1. The third-order valence-corrected chi connectivity index (χ3v) is 6.80. The van der Waals surface area contributed by atoms with Gasteiger partial charge in [0.15, 0.2) is 17.3 Å². The van der Waals surface area contributed by atoms with Crippen molar-refractivity contribution in [1.29, 1.82) is 0 Å². The van der Waals surface area contributed by atoms with Gasteiger partial charge in [0.1, 0.15) is 16.8 Å². The Bertz CT molecular complexity index is 922. The van der Waals surface area contributed by atoms with E-state index in [2.05, 4.69) is 20.4 Å². The van der Waals surface area contributed by atoms with Gasteiger partial charge in [-0.3, -0.25) is 4.79 Å². The topological polar surface area (TPSA) is 84.2 Å². The molecule has 1 saturated carbocycles. The van der Waals surface area contributed by atoms with Crippen LogP contribution in [0.2, 0.25) is 5.15 Å². The van der Waals surface area contributed by atoms with Crippen LogP contribution in [-0.2, 0) is 16.6 Å². The molecule has 2 aromatic rings. The van der Waals surface area contributed by atoms with Gasteiger partial charge in [-0.1, -0.05) is 23.2 Å². The van der Waals surface area contributed by atoms with Crippen LogP contribution in [0.15, 0.2) is 10.6 Å². The van der Waals surface area contributed by atoms with Gasteiger partial charge in [-0.05, 0) is 45.1 Å². The highest BCUT2D eigenvalue weighted by Crippen LogP contribution is 2.47. The number of nitrogens with zero attached hydrogens (tertiary/aromatic N) is 4. The Morgan fingerprint density at radius 3 is 2.86 bits per heavy atom. The number of carbonyl (C=O) groups is 1. The van der Waals surface area contributed by atoms with E-state index in [9.17, 15) is 4.79 Å². The molecule has 3 heterocycles. The van der Waals surface area contributed by atoms with Crippen molar-refractivity contribution in [3.05, 3.63) is 22.5 Å². The fraction of sp³-hybridized carbons (Fsp3) is 0.619. The van der Waals surface area contributed by atoms with E-state index >= 15 is 0 Å². The predicted octanol–water partition coefficient (Wildman–Crippen LogP) is 3.30. The number of rotatable bonds is 2. The van der Waals surface area contributed by atoms with Crippen molar-refractivity contribution in [3.63, 3.8) is 0 Å². The van der Waals surface area contributed by atoms with Gasteiger partial charge < -0.3 is 14.7 Å². The fourth-order valence-electron chi connectivity index (χ4n) is 5.12. The minimum absolute atomic E-state index is 0.303. The van der Waals surface area contributed by atoms with Crippen LogP contribution in [0.3, 0.4) is 0 Å². The van der Waals surface area contributed by atoms with Crippen LogP contribution in [-0.4, -0.2) is 47.1 Å². The van der Waals surface area contributed by atoms with Crippen LogP contribution >= 0.6 is 11.6 Å². The zero-order valence-electron chi connectivity index (χ0n) is 16.5. The molecule has 0 aromatic carbocycles. The van der Waals surface area contributed by atoms with Crippen molar-refractivity contribution in [2.24, 2.45) is 0 Å². The summed E-state index contributed by atoms with van der Waals surface area (Å²) in [4.78, 5) is 24.4. The lowest BCUT2D eigenvalue weighted by molar-refractivity contribution is -0.128. The quantitative estimate of drug-likeness (QED) is 0.753. The van der Waals surface area contributed by atoms with Gasteiger partial charge >= 0.3 is 0 Å². The summed E-state index contributed by atoms with van der Waals surface area (Å²) in [6.45, 7) is 3.73. The molecule has 29 heavy (non-hydrogen) atoms. The van der Waals surface area contributed by atoms with Crippen molar-refractivity contribution in [1.82, 2.24) is 20.4 Å². The molecule has 0 unspecified atom stereocenters. The van der Waals surface area contributed by atoms with Crippen LogP contribution < -0.4 is 10.2 Å². The summed E-state index contributed by atoms with van der Waals surface area (Å²) >= 11 is 6.37. The molecule has 1 aliphatic heterocycles. The van der Waals surface area contributed by atoms with E-state index in [0.717, 1.165) is 88.3 Å². The van der Waals surface area contributed by atoms with Gasteiger partial charge in [-0.25, -0.2) is 9.97 Å². The number of aromatic nitrogens is 3. The zero-order chi connectivity index (χ0) is 19.8. The molecule has 0 radical (unpaired) electrons. The third-order valence-electron chi connectivity index (χ3n) is 6.60. The van der Waals surface area contributed by atoms with Crippen LogP contribution in [0.25, 0.3) is 11.5 Å². The lowest BCUT2D eigenvalue weighted by atomic mass is 9.64. The summed E-state index contributed by atoms with van der Waals surface area (Å²) < 4.78 is 5.83. The monoisotopic (exact) mass is 415 g/mol. The average Bonchev–Trinajstić information content (AvgIpc) is 2.98. The van der Waals surface area contributed by atoms with Crippen LogP contribution in [0.5, 0.6) is 0 Å². The van der Waals surface area contributed by atoms with E-state index in [4.69, 9.17) is 21.1 Å². The van der Waals surface area contributed by atoms with Gasteiger partial charge in [0.25, 0.3) is 0 Å². The first-order valence-corrected chi connectivity index (χ1v) is 11.1. The van der Waals surface area contributed by atoms with Gasteiger partial charge in [0.05, 0.1) is 5.41 Å². The largest absolute Gasteiger partial charge is 0.359 e. The SMILES string of the molecule is O=C1CCCC[C@@]12CCCc1c(-c3nc(Cl)cc(N4CCCNCC4)n3)noc12. The Balaban J connectivity index is 1.54. The van der Waals surface area contributed by atoms with E-state index in [1.165, 1.54) is 0 Å². The number of hydrogen-bond donors (Lipinski definition) is 1. The summed E-state index contributed by atoms with van der Waals surface area (Å²) in [5.74, 6) is 2.37. The van der Waals surface area contributed by atoms with Gasteiger partial charge in [-0.15, -0.1) is 0 Å². The number of carbonyl (C=O) groups excluding carboxylic acids is 1. The normalized spacial score (nSPS) is 25.1. The minimum Gasteiger partial charge on any atom is -0.359 e. The first-order chi connectivity index (χ1) is 14.2. The molecule has 3 aliphatic rings. The van der Waals surface area contributed by atoms with Crippen molar-refractivity contribution in [3.8, 4) is 11.5 Å². The Morgan fingerprint density at radius 2 is 1.97 bits per heavy atom. The molecular weight excluding hydrogens is 390 g/mol. The second-order valence-electron chi connectivity index (χ2n) is 8.37. The van der Waals surface area contributed by atoms with Crippen LogP contribution in [0.4, 0.5) is 5.82 Å². The van der Waals surface area contributed by atoms with E-state index in [1.807, 2.05) is 6.07 Å². The lowest BCUT2D eigenvalue weighted by Gasteiger charge is -2.36. The molecule has 2 fully saturated rings. The number of Topliss-reactive ketones (excluding diaryl/α,β-unsaturated/α-hetero) is 1. The molecule has 0 amide bonds. The summed E-state index contributed by atoms with van der Waals surface area (Å²) in [5, 5.41) is 8.16. The molecule has 8 heteroatoms. The average molecular weight is 416 g/mol. The molecule has 1 saturated heterocycles. The Kier molecular flexibility index (Phi) is 5.04. The van der Waals surface area contributed by atoms with Gasteiger partial charge in [0.2, 0.25) is 0 Å². The van der Waals surface area contributed by atoms with E-state index in [1.54, 1.807) is 0 Å². The highest BCUT2D eigenvalue weighted by molar-refractivity contribution is 6.29. The molecule has 1 atom stereocenters. The standard InChI is InChI=1S/C21H26ClN5O2/c22-16-13-17(27-11-4-9-23-10-12-27)25-20(24-16)18-14-5-3-8-21(19(14)29-26-18)7-2-1-6-15(21)28/h13,23H,1-12H2/t21-/m1/s1. The smallest absolute Gasteiger partial charge is 0.185 e. The van der Waals surface area contributed by atoms with Crippen LogP contribution in [0.1, 0.15) is 56.3 Å². The van der Waals surface area contributed by atoms with Gasteiger partial charge in [0, 0.05) is 37.7 Å². The molecule has 1 spiro atoms. The molecule has 1 N–H and O–H groups in total.